The highest BCUT2D eigenvalue weighted by Gasteiger charge is 2.34. The van der Waals surface area contributed by atoms with Crippen molar-refractivity contribution in [2.45, 2.75) is 12.8 Å². The lowest BCUT2D eigenvalue weighted by molar-refractivity contribution is 0.0973. The van der Waals surface area contributed by atoms with E-state index in [1.54, 1.807) is 36.3 Å². The Balaban J connectivity index is 1.45. The zero-order valence-electron chi connectivity index (χ0n) is 20.4. The van der Waals surface area contributed by atoms with Crippen LogP contribution in [-0.2, 0) is 16.4 Å². The van der Waals surface area contributed by atoms with Crippen LogP contribution in [0, 0.1) is 6.57 Å². The number of carbonyl (C=O) groups is 1. The molecule has 2 aromatic carbocycles. The number of sulfonamides is 1. The molecule has 0 fully saturated rings. The first kappa shape index (κ1) is 24.3. The van der Waals surface area contributed by atoms with E-state index in [1.165, 1.54) is 4.68 Å². The van der Waals surface area contributed by atoms with Crippen molar-refractivity contribution in [2.75, 3.05) is 42.8 Å². The molecule has 37 heavy (non-hydrogen) atoms. The van der Waals surface area contributed by atoms with Gasteiger partial charge in [-0.1, -0.05) is 6.57 Å². The number of nitrogens with one attached hydrogen (secondary N) is 1. The number of aliphatic imine (C=N–C) groups is 1. The fourth-order valence-corrected chi connectivity index (χ4v) is 5.02. The summed E-state index contributed by atoms with van der Waals surface area (Å²) in [6.07, 6.45) is 2.39. The van der Waals surface area contributed by atoms with Crippen LogP contribution >= 0.6 is 0 Å². The zero-order valence-corrected chi connectivity index (χ0v) is 21.2. The maximum atomic E-state index is 13.7. The summed E-state index contributed by atoms with van der Waals surface area (Å²) >= 11 is 0. The van der Waals surface area contributed by atoms with E-state index in [9.17, 15) is 13.2 Å². The molecule has 1 N–H and O–H groups in total. The van der Waals surface area contributed by atoms with Crippen LogP contribution in [-0.4, -0.2) is 63.1 Å². The second-order valence-corrected chi connectivity index (χ2v) is 10.4. The van der Waals surface area contributed by atoms with Gasteiger partial charge in [-0.3, -0.25) is 14.5 Å². The molecule has 1 aromatic heterocycles. The number of amides is 1. The Morgan fingerprint density at radius 1 is 1.00 bits per heavy atom. The van der Waals surface area contributed by atoms with Gasteiger partial charge in [-0.2, -0.15) is 4.68 Å². The lowest BCUT2D eigenvalue weighted by Crippen LogP contribution is -2.46. The number of anilines is 2. The molecule has 0 bridgehead atoms. The van der Waals surface area contributed by atoms with Gasteiger partial charge in [0.15, 0.2) is 0 Å². The molecule has 0 saturated heterocycles. The van der Waals surface area contributed by atoms with Crippen LogP contribution in [0.25, 0.3) is 10.5 Å². The molecule has 12 heteroatoms. The molecule has 1 amide bonds. The summed E-state index contributed by atoms with van der Waals surface area (Å²) < 4.78 is 32.8. The summed E-state index contributed by atoms with van der Waals surface area (Å²) in [6.45, 7) is 9.12. The minimum absolute atomic E-state index is 0.226. The molecule has 2 aliphatic rings. The molecule has 0 unspecified atom stereocenters. The van der Waals surface area contributed by atoms with Crippen LogP contribution in [0.5, 0.6) is 5.75 Å². The zero-order chi connectivity index (χ0) is 26.2. The first-order valence-corrected chi connectivity index (χ1v) is 13.5. The predicted octanol–water partition coefficient (Wildman–Crippen LogP) is 2.75. The molecular formula is C25H25N7O4S. The van der Waals surface area contributed by atoms with Crippen LogP contribution in [0.2, 0.25) is 0 Å². The highest BCUT2D eigenvalue weighted by Crippen LogP contribution is 2.33. The minimum Gasteiger partial charge on any atom is -0.497 e. The van der Waals surface area contributed by atoms with Crippen LogP contribution in [0.3, 0.4) is 0 Å². The van der Waals surface area contributed by atoms with Crippen molar-refractivity contribution in [1.82, 2.24) is 14.5 Å². The number of fused-ring (bicyclic) bond motifs is 1. The second-order valence-electron chi connectivity index (χ2n) is 8.68. The third-order valence-electron chi connectivity index (χ3n) is 6.23. The lowest BCUT2D eigenvalue weighted by Gasteiger charge is -2.30. The Morgan fingerprint density at radius 2 is 1.65 bits per heavy atom. The monoisotopic (exact) mass is 519 g/mol. The van der Waals surface area contributed by atoms with Crippen molar-refractivity contribution in [3.8, 4) is 11.4 Å². The summed E-state index contributed by atoms with van der Waals surface area (Å²) in [7, 11) is -1.89. The van der Waals surface area contributed by atoms with Crippen molar-refractivity contribution in [1.29, 1.82) is 0 Å². The molecule has 0 atom stereocenters. The Kier molecular flexibility index (Phi) is 6.31. The SMILES string of the molecule is [C-]#[N+]c1nn(-c2ccc(OC)cc2)c2c1CCN(c1ccc(N3CCCN=C3NS(C)(=O)=O)cc1)C2=O. The third kappa shape index (κ3) is 4.73. The average molecular weight is 520 g/mol. The number of carbonyl (C=O) groups excluding carboxylic acids is 1. The summed E-state index contributed by atoms with van der Waals surface area (Å²) in [5.41, 5.74) is 3.13. The van der Waals surface area contributed by atoms with Gasteiger partial charge in [0.2, 0.25) is 16.0 Å². The Bertz CT molecular complexity index is 1520. The molecular weight excluding hydrogens is 494 g/mol. The van der Waals surface area contributed by atoms with Crippen molar-refractivity contribution in [3.05, 3.63) is 71.2 Å². The van der Waals surface area contributed by atoms with Gasteiger partial charge in [0.25, 0.3) is 11.7 Å². The van der Waals surface area contributed by atoms with E-state index in [2.05, 4.69) is 19.7 Å². The number of rotatable bonds is 5. The summed E-state index contributed by atoms with van der Waals surface area (Å²) in [5, 5.41) is 4.43. The number of hydrogen-bond donors (Lipinski definition) is 1. The Labute approximate surface area is 214 Å². The molecule has 11 nitrogen and oxygen atoms in total. The minimum atomic E-state index is -3.47. The van der Waals surface area contributed by atoms with Gasteiger partial charge in [0.05, 0.1) is 19.1 Å². The molecule has 3 heterocycles. The number of ether oxygens (including phenoxy) is 1. The van der Waals surface area contributed by atoms with E-state index >= 15 is 0 Å². The molecule has 0 saturated carbocycles. The summed E-state index contributed by atoms with van der Waals surface area (Å²) in [6, 6.07) is 14.5. The molecule has 2 aliphatic heterocycles. The van der Waals surface area contributed by atoms with Crippen molar-refractivity contribution >= 4 is 39.1 Å². The maximum Gasteiger partial charge on any atom is 0.300 e. The van der Waals surface area contributed by atoms with Crippen molar-refractivity contribution < 1.29 is 17.9 Å². The first-order valence-electron chi connectivity index (χ1n) is 11.6. The smallest absolute Gasteiger partial charge is 0.300 e. The quantitative estimate of drug-likeness (QED) is 0.519. The number of benzene rings is 2. The van der Waals surface area contributed by atoms with E-state index in [1.807, 2.05) is 29.2 Å². The van der Waals surface area contributed by atoms with Crippen LogP contribution in [0.4, 0.5) is 17.2 Å². The third-order valence-corrected chi connectivity index (χ3v) is 6.78. The standard InChI is InChI=1S/C25H25N7O4S/c1-26-23-21-13-16-30(24(33)22(21)32(28-23)19-9-11-20(36-2)12-10-19)17-5-7-18(8-6-17)31-15-4-14-27-25(31)29-37(3,34)35/h5-12H,4,13-16H2,2-3H3,(H,27,29). The van der Waals surface area contributed by atoms with Crippen molar-refractivity contribution in [2.24, 2.45) is 4.99 Å². The summed E-state index contributed by atoms with van der Waals surface area (Å²) in [5.74, 6) is 0.947. The number of hydrogen-bond acceptors (Lipinski definition) is 7. The largest absolute Gasteiger partial charge is 0.497 e. The Morgan fingerprint density at radius 3 is 2.27 bits per heavy atom. The Hall–Kier alpha value is -4.37. The maximum absolute atomic E-state index is 13.7. The first-order chi connectivity index (χ1) is 17.8. The molecule has 0 radical (unpaired) electrons. The van der Waals surface area contributed by atoms with Crippen LogP contribution in [0.1, 0.15) is 22.5 Å². The van der Waals surface area contributed by atoms with Gasteiger partial charge >= 0.3 is 0 Å². The molecule has 0 spiro atoms. The number of aromatic nitrogens is 2. The van der Waals surface area contributed by atoms with Crippen LogP contribution < -0.4 is 19.3 Å². The average Bonchev–Trinajstić information content (AvgIpc) is 3.28. The predicted molar refractivity (Wildman–Crippen MR) is 140 cm³/mol. The highest BCUT2D eigenvalue weighted by molar-refractivity contribution is 7.89. The number of guanidine groups is 1. The van der Waals surface area contributed by atoms with E-state index < -0.39 is 10.0 Å². The molecule has 3 aromatic rings. The lowest BCUT2D eigenvalue weighted by atomic mass is 10.0. The highest BCUT2D eigenvalue weighted by atomic mass is 32.2. The number of nitrogens with zero attached hydrogens (tertiary/aromatic N) is 6. The van der Waals surface area contributed by atoms with Crippen LogP contribution in [0.15, 0.2) is 53.5 Å². The number of methoxy groups -OCH3 is 1. The molecule has 0 aliphatic carbocycles. The van der Waals surface area contributed by atoms with E-state index in [0.717, 1.165) is 18.4 Å². The van der Waals surface area contributed by atoms with E-state index in [0.29, 0.717) is 54.4 Å². The summed E-state index contributed by atoms with van der Waals surface area (Å²) in [4.78, 5) is 25.0. The van der Waals surface area contributed by atoms with Gasteiger partial charge in [-0.15, -0.1) is 0 Å². The van der Waals surface area contributed by atoms with Gasteiger partial charge in [-0.25, -0.2) is 8.42 Å². The topological polar surface area (TPSA) is 113 Å². The fourth-order valence-electron chi connectivity index (χ4n) is 4.51. The van der Waals surface area contributed by atoms with Gasteiger partial charge in [-0.05, 0) is 66.5 Å². The molecule has 5 rings (SSSR count). The fraction of sp³-hybridized carbons (Fsp3) is 0.280. The molecule has 190 valence electrons. The van der Waals surface area contributed by atoms with Gasteiger partial charge < -0.3 is 19.4 Å². The van der Waals surface area contributed by atoms with E-state index in [-0.39, 0.29) is 17.7 Å². The van der Waals surface area contributed by atoms with E-state index in [4.69, 9.17) is 11.3 Å². The normalized spacial score (nSPS) is 15.6. The second kappa shape index (κ2) is 9.59. The van der Waals surface area contributed by atoms with Crippen molar-refractivity contribution in [3.63, 3.8) is 0 Å². The van der Waals surface area contributed by atoms with Gasteiger partial charge in [0, 0.05) is 36.6 Å². The van der Waals surface area contributed by atoms with Gasteiger partial charge in [0.1, 0.15) is 11.4 Å².